The van der Waals surface area contributed by atoms with Gasteiger partial charge >= 0.3 is 11.1 Å². The normalized spacial score (nSPS) is 17.0. The van der Waals surface area contributed by atoms with Gasteiger partial charge in [0, 0.05) is 92.2 Å². The van der Waals surface area contributed by atoms with E-state index in [0.29, 0.717) is 61.9 Å². The molecule has 7 aromatic rings. The van der Waals surface area contributed by atoms with E-state index in [4.69, 9.17) is 9.47 Å². The van der Waals surface area contributed by atoms with Crippen LogP contribution in [0.25, 0.3) is 22.5 Å². The highest BCUT2D eigenvalue weighted by molar-refractivity contribution is 9.10. The van der Waals surface area contributed by atoms with E-state index in [9.17, 15) is 44.0 Å². The van der Waals surface area contributed by atoms with Crippen molar-refractivity contribution in [1.29, 1.82) is 0 Å². The monoisotopic (exact) mass is 1220 g/mol. The summed E-state index contributed by atoms with van der Waals surface area (Å²) in [6.07, 6.45) is 10.2. The molecule has 0 spiro atoms. The first-order valence-electron chi connectivity index (χ1n) is 26.3. The van der Waals surface area contributed by atoms with Gasteiger partial charge in [0.15, 0.2) is 0 Å². The number of anilines is 2. The minimum Gasteiger partial charge on any atom is -0.486 e. The Bertz CT molecular complexity index is 3740. The smallest absolute Gasteiger partial charge is 0.316 e. The Morgan fingerprint density at radius 2 is 0.877 bits per heavy atom. The molecule has 0 bridgehead atoms. The number of piperazine rings is 2. The van der Waals surface area contributed by atoms with Crippen LogP contribution < -0.4 is 30.4 Å². The zero-order chi connectivity index (χ0) is 57.3. The van der Waals surface area contributed by atoms with Gasteiger partial charge in [-0.25, -0.2) is 34.4 Å². The fraction of sp³-hybridized carbons (Fsp3) is 0.351. The van der Waals surface area contributed by atoms with E-state index in [1.54, 1.807) is 36.7 Å². The van der Waals surface area contributed by atoms with Crippen LogP contribution in [0.4, 0.5) is 28.9 Å². The Morgan fingerprint density at radius 1 is 0.519 bits per heavy atom. The number of hydrogen-bond donors (Lipinski definition) is 0. The molecule has 0 N–H and O–H groups in total. The zero-order valence-corrected chi connectivity index (χ0v) is 47.6. The van der Waals surface area contributed by atoms with Crippen molar-refractivity contribution in [2.45, 2.75) is 51.0 Å². The number of sulfonamides is 2. The van der Waals surface area contributed by atoms with E-state index < -0.39 is 54.4 Å². The summed E-state index contributed by atoms with van der Waals surface area (Å²) < 4.78 is 126. The molecule has 0 radical (unpaired) electrons. The second kappa shape index (κ2) is 23.5. The molecule has 4 aromatic carbocycles. The number of aromatic nitrogens is 5. The molecule has 11 rings (SSSR count). The quantitative estimate of drug-likeness (QED) is 0.0793. The van der Waals surface area contributed by atoms with Crippen molar-refractivity contribution >= 4 is 47.4 Å². The lowest BCUT2D eigenvalue weighted by Crippen LogP contribution is -2.49. The molecule has 2 aliphatic heterocycles. The van der Waals surface area contributed by atoms with Crippen LogP contribution in [0.2, 0.25) is 0 Å². The van der Waals surface area contributed by atoms with Gasteiger partial charge < -0.3 is 19.3 Å². The van der Waals surface area contributed by atoms with Gasteiger partial charge in [0.05, 0.1) is 48.5 Å². The third-order valence-electron chi connectivity index (χ3n) is 14.9. The summed E-state index contributed by atoms with van der Waals surface area (Å²) in [6, 6.07) is 23.9. The molecule has 17 nitrogen and oxygen atoms in total. The van der Waals surface area contributed by atoms with Crippen molar-refractivity contribution < 1.29 is 43.9 Å². The molecule has 5 heterocycles. The third kappa shape index (κ3) is 13.9. The van der Waals surface area contributed by atoms with Crippen molar-refractivity contribution in [3.05, 3.63) is 181 Å². The lowest BCUT2D eigenvalue weighted by atomic mass is 10.1. The predicted molar refractivity (Wildman–Crippen MR) is 302 cm³/mol. The zero-order valence-electron chi connectivity index (χ0n) is 44.4. The van der Waals surface area contributed by atoms with Crippen LogP contribution >= 0.6 is 15.9 Å². The fourth-order valence-electron chi connectivity index (χ4n) is 9.42. The van der Waals surface area contributed by atoms with Crippen LogP contribution in [-0.2, 0) is 31.6 Å². The number of nitrogens with zero attached hydrogens (tertiary/aromatic N) is 9. The molecule has 0 amide bonds. The van der Waals surface area contributed by atoms with Crippen molar-refractivity contribution in [3.63, 3.8) is 0 Å². The molecule has 2 aliphatic carbocycles. The SMILES string of the molecule is CC1(COc2c(N3CCN(S(=O)(=O)Cc4ccc(-c5ccncc5)cc4)CC3)cnn(-c3cc(F)cc(F)c3)c2=O)CC1.CC1(COc2c(N3CCN(S(=O)(=O)Cc4ccc(Br)cc4)CC3)cnn(-c3cc(F)cc(F)c3)c2=O)CC1. The second-order valence-electron chi connectivity index (χ2n) is 21.4. The highest BCUT2D eigenvalue weighted by atomic mass is 79.9. The lowest BCUT2D eigenvalue weighted by Gasteiger charge is -2.35. The van der Waals surface area contributed by atoms with E-state index in [1.165, 1.54) is 21.0 Å². The van der Waals surface area contributed by atoms with Gasteiger partial charge in [-0.15, -0.1) is 0 Å². The standard InChI is InChI=1S/C31H31F2N5O4S.C26H27BrF2N4O4S/c1-31(8-9-31)21-42-29-28(19-35-38(30(29)39)27-17-25(32)16-26(33)18-27)36-12-14-37(15-13-36)43(40,41)20-22-2-4-23(5-3-22)24-6-10-34-11-7-24;1-26(6-7-26)17-37-24-23(15-30-33(25(24)34)22-13-20(28)12-21(29)14-22)31-8-10-32(11-9-31)38(35,36)16-18-2-4-19(27)5-3-18/h2-7,10-11,16-19H,8-9,12-15,20-21H2,1H3;2-5,12-15H,6-11,16-17H2,1H3. The number of halogens is 5. The lowest BCUT2D eigenvalue weighted by molar-refractivity contribution is 0.242. The van der Waals surface area contributed by atoms with Gasteiger partial charge in [0.1, 0.15) is 34.6 Å². The van der Waals surface area contributed by atoms with Gasteiger partial charge in [0.2, 0.25) is 31.5 Å². The first kappa shape index (κ1) is 57.3. The Hall–Kier alpha value is -6.99. The number of benzene rings is 4. The number of pyridine rings is 1. The maximum atomic E-state index is 13.9. The van der Waals surface area contributed by atoms with E-state index in [2.05, 4.69) is 45.0 Å². The molecule has 81 heavy (non-hydrogen) atoms. The van der Waals surface area contributed by atoms with Crippen LogP contribution in [0.1, 0.15) is 50.7 Å². The molecular formula is C57H58BrF4N9O8S2. The molecule has 24 heteroatoms. The molecule has 0 atom stereocenters. The first-order valence-corrected chi connectivity index (χ1v) is 30.3. The molecule has 4 aliphatic rings. The Morgan fingerprint density at radius 3 is 1.25 bits per heavy atom. The molecule has 2 saturated heterocycles. The van der Waals surface area contributed by atoms with Crippen LogP contribution in [0.5, 0.6) is 11.5 Å². The average Bonchev–Trinajstić information content (AvgIpc) is 4.51. The summed E-state index contributed by atoms with van der Waals surface area (Å²) in [4.78, 5) is 34.7. The van der Waals surface area contributed by atoms with Crippen molar-refractivity contribution in [3.8, 4) is 34.0 Å². The van der Waals surface area contributed by atoms with Gasteiger partial charge in [-0.05, 0) is 96.5 Å². The van der Waals surface area contributed by atoms with Gasteiger partial charge in [0.25, 0.3) is 0 Å². The Balaban J connectivity index is 0.000000183. The van der Waals surface area contributed by atoms with Crippen LogP contribution in [0.15, 0.2) is 136 Å². The van der Waals surface area contributed by atoms with E-state index >= 15 is 0 Å². The molecule has 4 fully saturated rings. The molecule has 0 unspecified atom stereocenters. The van der Waals surface area contributed by atoms with Crippen molar-refractivity contribution in [1.82, 2.24) is 33.2 Å². The predicted octanol–water partition coefficient (Wildman–Crippen LogP) is 8.51. The molecule has 426 valence electrons. The van der Waals surface area contributed by atoms with Crippen molar-refractivity contribution in [2.75, 3.05) is 75.4 Å². The molecule has 3 aromatic heterocycles. The number of rotatable bonds is 17. The summed E-state index contributed by atoms with van der Waals surface area (Å²) in [7, 11) is -7.13. The Labute approximate surface area is 474 Å². The fourth-order valence-corrected chi connectivity index (χ4v) is 12.7. The Kier molecular flexibility index (Phi) is 16.6. The van der Waals surface area contributed by atoms with Crippen molar-refractivity contribution in [2.24, 2.45) is 10.8 Å². The van der Waals surface area contributed by atoms with Crippen LogP contribution in [-0.4, -0.2) is 116 Å². The van der Waals surface area contributed by atoms with E-state index in [-0.39, 0.29) is 71.4 Å². The largest absolute Gasteiger partial charge is 0.486 e. The van der Waals surface area contributed by atoms with Crippen LogP contribution in [0.3, 0.4) is 0 Å². The summed E-state index contributed by atoms with van der Waals surface area (Å²) in [6.45, 7) is 6.92. The highest BCUT2D eigenvalue weighted by Crippen LogP contribution is 2.46. The number of hydrogen-bond acceptors (Lipinski definition) is 13. The van der Waals surface area contributed by atoms with Gasteiger partial charge in [-0.3, -0.25) is 14.6 Å². The summed E-state index contributed by atoms with van der Waals surface area (Å²) in [5.74, 6) is -3.49. The van der Waals surface area contributed by atoms with Gasteiger partial charge in [-0.2, -0.15) is 28.2 Å². The minimum atomic E-state index is -3.60. The highest BCUT2D eigenvalue weighted by Gasteiger charge is 2.40. The van der Waals surface area contributed by atoms with Gasteiger partial charge in [-0.1, -0.05) is 66.2 Å². The maximum Gasteiger partial charge on any atom is 0.316 e. The first-order chi connectivity index (χ1) is 38.6. The topological polar surface area (TPSA) is 182 Å². The summed E-state index contributed by atoms with van der Waals surface area (Å²) in [5, 5.41) is 8.36. The summed E-state index contributed by atoms with van der Waals surface area (Å²) >= 11 is 3.35. The third-order valence-corrected chi connectivity index (χ3v) is 19.1. The van der Waals surface area contributed by atoms with Crippen LogP contribution in [0, 0.1) is 34.1 Å². The average molecular weight is 1220 g/mol. The number of ether oxygens (including phenoxy) is 2. The minimum absolute atomic E-state index is 0.0252. The maximum absolute atomic E-state index is 13.9. The molecule has 2 saturated carbocycles. The summed E-state index contributed by atoms with van der Waals surface area (Å²) in [5.41, 5.74) is 2.76. The van der Waals surface area contributed by atoms with E-state index in [0.717, 1.165) is 87.0 Å². The van der Waals surface area contributed by atoms with E-state index in [1.807, 2.05) is 46.2 Å². The molecular weight excluding hydrogens is 1160 g/mol. The second-order valence-corrected chi connectivity index (χ2v) is 26.3.